The molecule has 0 rings (SSSR count). The van der Waals surface area contributed by atoms with E-state index >= 15 is 0 Å². The van der Waals surface area contributed by atoms with E-state index in [1.165, 1.54) is 0 Å². The molecule has 1 unspecified atom stereocenters. The molecule has 0 fully saturated rings. The molecule has 0 radical (unpaired) electrons. The van der Waals surface area contributed by atoms with Crippen molar-refractivity contribution >= 4 is 5.97 Å². The average Bonchev–Trinajstić information content (AvgIpc) is 2.29. The Morgan fingerprint density at radius 3 is 2.32 bits per heavy atom. The first-order chi connectivity index (χ1) is 8.68. The van der Waals surface area contributed by atoms with Gasteiger partial charge in [0.15, 0.2) is 6.10 Å². The van der Waals surface area contributed by atoms with Gasteiger partial charge in [0, 0.05) is 0 Å². The minimum Gasteiger partial charge on any atom is -0.444 e. The van der Waals surface area contributed by atoms with E-state index in [1.54, 1.807) is 0 Å². The van der Waals surface area contributed by atoms with E-state index in [4.69, 9.17) is 4.74 Å². The lowest BCUT2D eigenvalue weighted by Crippen LogP contribution is -2.28. The van der Waals surface area contributed by atoms with E-state index in [9.17, 15) is 4.79 Å². The van der Waals surface area contributed by atoms with Crippen molar-refractivity contribution in [1.82, 2.24) is 0 Å². The Bertz CT molecular complexity index is 399. The van der Waals surface area contributed by atoms with Crippen LogP contribution in [0.3, 0.4) is 0 Å². The van der Waals surface area contributed by atoms with Crippen molar-refractivity contribution in [2.24, 2.45) is 5.41 Å². The van der Waals surface area contributed by atoms with Crippen LogP contribution in [0.15, 0.2) is 24.3 Å². The van der Waals surface area contributed by atoms with Gasteiger partial charge in [-0.05, 0) is 57.6 Å². The number of allylic oxidation sites excluding steroid dienone is 1. The third-order valence-electron chi connectivity index (χ3n) is 2.48. The Morgan fingerprint density at radius 2 is 1.89 bits per heavy atom. The molecule has 0 N–H and O–H groups in total. The first-order valence-corrected chi connectivity index (χ1v) is 6.74. The highest BCUT2D eigenvalue weighted by molar-refractivity contribution is 5.76. The molecule has 0 aromatic heterocycles. The normalized spacial score (nSPS) is 12.1. The van der Waals surface area contributed by atoms with Crippen molar-refractivity contribution in [3.63, 3.8) is 0 Å². The summed E-state index contributed by atoms with van der Waals surface area (Å²) >= 11 is 0. The largest absolute Gasteiger partial charge is 0.444 e. The van der Waals surface area contributed by atoms with Crippen LogP contribution in [0, 0.1) is 17.3 Å². The van der Waals surface area contributed by atoms with E-state index in [1.807, 2.05) is 27.7 Å². The number of carbonyl (C=O) groups excluding carboxylic acids is 1. The molecule has 2 heteroatoms. The van der Waals surface area contributed by atoms with Gasteiger partial charge in [-0.1, -0.05) is 32.4 Å². The van der Waals surface area contributed by atoms with Crippen LogP contribution in [0.25, 0.3) is 0 Å². The second kappa shape index (κ2) is 7.84. The molecule has 0 spiro atoms. The van der Waals surface area contributed by atoms with E-state index in [-0.39, 0.29) is 5.97 Å². The maximum absolute atomic E-state index is 11.9. The maximum Gasteiger partial charge on any atom is 0.312 e. The molecule has 2 nitrogen and oxygen atoms in total. The predicted octanol–water partition coefficient (Wildman–Crippen LogP) is 4.27. The summed E-state index contributed by atoms with van der Waals surface area (Å²) in [5.41, 5.74) is 1.07. The number of hydrogen-bond donors (Lipinski definition) is 0. The summed E-state index contributed by atoms with van der Waals surface area (Å²) in [7, 11) is 0. The summed E-state index contributed by atoms with van der Waals surface area (Å²) in [6.45, 7) is 17.1. The van der Waals surface area contributed by atoms with Gasteiger partial charge in [-0.2, -0.15) is 0 Å². The van der Waals surface area contributed by atoms with Crippen molar-refractivity contribution in [1.29, 1.82) is 0 Å². The molecule has 0 aliphatic rings. The molecule has 0 aliphatic carbocycles. The molecule has 19 heavy (non-hydrogen) atoms. The Kier molecular flexibility index (Phi) is 7.22. The molecule has 106 valence electrons. The quantitative estimate of drug-likeness (QED) is 0.420. The molecule has 0 aromatic carbocycles. The smallest absolute Gasteiger partial charge is 0.312 e. The molecule has 0 saturated heterocycles. The van der Waals surface area contributed by atoms with E-state index in [2.05, 4.69) is 31.9 Å². The molecule has 0 heterocycles. The molecule has 0 amide bonds. The Hall–Kier alpha value is -1.49. The molecule has 0 aromatic rings. The fraction of sp³-hybridized carbons (Fsp3) is 0.588. The van der Waals surface area contributed by atoms with Crippen LogP contribution in [0.5, 0.6) is 0 Å². The van der Waals surface area contributed by atoms with Crippen molar-refractivity contribution in [3.05, 3.63) is 24.3 Å². The first kappa shape index (κ1) is 17.5. The molecular formula is C17H26O2. The second-order valence-corrected chi connectivity index (χ2v) is 5.85. The third-order valence-corrected chi connectivity index (χ3v) is 2.48. The van der Waals surface area contributed by atoms with E-state index < -0.39 is 11.5 Å². The Labute approximate surface area is 117 Å². The fourth-order valence-corrected chi connectivity index (χ4v) is 1.22. The van der Waals surface area contributed by atoms with Gasteiger partial charge in [-0.15, -0.1) is 0 Å². The minimum atomic E-state index is -0.534. The van der Waals surface area contributed by atoms with Gasteiger partial charge in [0.2, 0.25) is 0 Å². The Balaban J connectivity index is 4.89. The molecule has 0 bridgehead atoms. The van der Waals surface area contributed by atoms with Crippen LogP contribution in [0.1, 0.15) is 53.9 Å². The number of hydrogen-bond acceptors (Lipinski definition) is 2. The van der Waals surface area contributed by atoms with Crippen LogP contribution in [-0.2, 0) is 9.53 Å². The van der Waals surface area contributed by atoms with Gasteiger partial charge >= 0.3 is 5.97 Å². The number of carbonyl (C=O) groups is 1. The predicted molar refractivity (Wildman–Crippen MR) is 80.6 cm³/mol. The van der Waals surface area contributed by atoms with Gasteiger partial charge < -0.3 is 4.74 Å². The van der Waals surface area contributed by atoms with Crippen LogP contribution >= 0.6 is 0 Å². The number of rotatable bonds is 5. The molecule has 0 aliphatic heterocycles. The summed E-state index contributed by atoms with van der Waals surface area (Å²) in [6, 6.07) is 0. The maximum atomic E-state index is 11.9. The van der Waals surface area contributed by atoms with Crippen LogP contribution < -0.4 is 0 Å². The Morgan fingerprint density at radius 1 is 1.32 bits per heavy atom. The average molecular weight is 262 g/mol. The number of ether oxygens (including phenoxy) is 1. The summed E-state index contributed by atoms with van der Waals surface area (Å²) in [5, 5.41) is 0. The number of unbranched alkanes of at least 4 members (excludes halogenated alkanes) is 1. The zero-order valence-corrected chi connectivity index (χ0v) is 12.9. The standard InChI is InChI=1S/C17H26O2/c1-8-9-10-14(4)15(12-11-13(2)3)19-16(18)17(5,6)7/h15H,2,4,8-10H2,1,3,5-7H3. The molecular weight excluding hydrogens is 236 g/mol. The lowest BCUT2D eigenvalue weighted by Gasteiger charge is -2.21. The number of esters is 1. The van der Waals surface area contributed by atoms with Crippen LogP contribution in [0.4, 0.5) is 0 Å². The second-order valence-electron chi connectivity index (χ2n) is 5.85. The minimum absolute atomic E-state index is 0.258. The lowest BCUT2D eigenvalue weighted by atomic mass is 9.97. The van der Waals surface area contributed by atoms with E-state index in [0.717, 1.165) is 30.4 Å². The summed E-state index contributed by atoms with van der Waals surface area (Å²) in [4.78, 5) is 11.9. The summed E-state index contributed by atoms with van der Waals surface area (Å²) in [6.07, 6.45) is 2.39. The van der Waals surface area contributed by atoms with Gasteiger partial charge in [-0.3, -0.25) is 4.79 Å². The first-order valence-electron chi connectivity index (χ1n) is 6.74. The molecule has 0 saturated carbocycles. The van der Waals surface area contributed by atoms with E-state index in [0.29, 0.717) is 0 Å². The fourth-order valence-electron chi connectivity index (χ4n) is 1.22. The van der Waals surface area contributed by atoms with Crippen molar-refractivity contribution in [2.75, 3.05) is 0 Å². The monoisotopic (exact) mass is 262 g/mol. The van der Waals surface area contributed by atoms with Gasteiger partial charge in [0.25, 0.3) is 0 Å². The SMILES string of the molecule is C=C(C)C#CC(OC(=O)C(C)(C)C)C(=C)CCCC. The van der Waals surface area contributed by atoms with Crippen molar-refractivity contribution in [2.45, 2.75) is 60.0 Å². The van der Waals surface area contributed by atoms with Crippen molar-refractivity contribution in [3.8, 4) is 11.8 Å². The zero-order chi connectivity index (χ0) is 15.1. The van der Waals surface area contributed by atoms with Gasteiger partial charge in [0.1, 0.15) is 0 Å². The van der Waals surface area contributed by atoms with Gasteiger partial charge in [0.05, 0.1) is 5.41 Å². The highest BCUT2D eigenvalue weighted by Crippen LogP contribution is 2.20. The highest BCUT2D eigenvalue weighted by Gasteiger charge is 2.26. The topological polar surface area (TPSA) is 26.3 Å². The lowest BCUT2D eigenvalue weighted by molar-refractivity contribution is -0.154. The summed E-state index contributed by atoms with van der Waals surface area (Å²) in [5.74, 6) is 5.56. The summed E-state index contributed by atoms with van der Waals surface area (Å²) < 4.78 is 5.47. The van der Waals surface area contributed by atoms with Crippen LogP contribution in [-0.4, -0.2) is 12.1 Å². The van der Waals surface area contributed by atoms with Crippen LogP contribution in [0.2, 0.25) is 0 Å². The molecule has 1 atom stereocenters. The third kappa shape index (κ3) is 7.51. The zero-order valence-electron chi connectivity index (χ0n) is 12.9. The van der Waals surface area contributed by atoms with Gasteiger partial charge in [-0.25, -0.2) is 0 Å². The van der Waals surface area contributed by atoms with Crippen molar-refractivity contribution < 1.29 is 9.53 Å². The highest BCUT2D eigenvalue weighted by atomic mass is 16.5.